The summed E-state index contributed by atoms with van der Waals surface area (Å²) in [5, 5.41) is 0.815. The molecule has 0 N–H and O–H groups in total. The largest absolute Gasteiger partial charge is 0.462 e. The second-order valence-electron chi connectivity index (χ2n) is 8.08. The van der Waals surface area contributed by atoms with E-state index in [1.54, 1.807) is 0 Å². The first-order valence-corrected chi connectivity index (χ1v) is 16.4. The van der Waals surface area contributed by atoms with Gasteiger partial charge in [0.2, 0.25) is 0 Å². The molecule has 0 saturated carbocycles. The highest BCUT2D eigenvalue weighted by atomic mass is 31.1. The van der Waals surface area contributed by atoms with Crippen LogP contribution in [0.5, 0.6) is 0 Å². The Kier molecular flexibility index (Phi) is 6.10. The van der Waals surface area contributed by atoms with Crippen LogP contribution in [0.25, 0.3) is 0 Å². The lowest BCUT2D eigenvalue weighted by molar-refractivity contribution is 0.0532. The van der Waals surface area contributed by atoms with E-state index in [2.05, 4.69) is 39.3 Å². The lowest BCUT2D eigenvalue weighted by atomic mass is 10.4. The highest BCUT2D eigenvalue weighted by molar-refractivity contribution is 7.56. The minimum atomic E-state index is -1.45. The molecule has 1 aromatic rings. The van der Waals surface area contributed by atoms with E-state index in [4.69, 9.17) is 9.48 Å². The van der Waals surface area contributed by atoms with Crippen LogP contribution in [0.1, 0.15) is 21.9 Å². The van der Waals surface area contributed by atoms with Gasteiger partial charge < -0.3 is 9.64 Å². The smallest absolute Gasteiger partial charge is 0.343 e. The first-order valence-electron chi connectivity index (χ1n) is 7.83. The van der Waals surface area contributed by atoms with Gasteiger partial charge in [0, 0.05) is 25.1 Å². The summed E-state index contributed by atoms with van der Waals surface area (Å²) < 4.78 is 10.3. The summed E-state index contributed by atoms with van der Waals surface area (Å²) >= 11 is 0. The van der Waals surface area contributed by atoms with E-state index in [0.29, 0.717) is 11.5 Å². The monoisotopic (exact) mass is 358 g/mol. The maximum absolute atomic E-state index is 12.4. The minimum Gasteiger partial charge on any atom is -0.462 e. The summed E-state index contributed by atoms with van der Waals surface area (Å²) in [7, 11) is 0.256. The van der Waals surface area contributed by atoms with Crippen molar-refractivity contribution in [2.24, 2.45) is 0 Å². The van der Waals surface area contributed by atoms with E-state index in [1.165, 1.54) is 0 Å². The fraction of sp³-hybridized carbons (Fsp3) is 0.733. The van der Waals surface area contributed by atoms with E-state index in [1.807, 2.05) is 32.0 Å². The number of anilines is 1. The van der Waals surface area contributed by atoms with Crippen LogP contribution in [0.3, 0.4) is 0 Å². The van der Waals surface area contributed by atoms with Crippen molar-refractivity contribution in [3.63, 3.8) is 0 Å². The summed E-state index contributed by atoms with van der Waals surface area (Å²) in [6.45, 7) is 16.7. The molecule has 1 rings (SSSR count). The third-order valence-corrected chi connectivity index (χ3v) is 19.9. The van der Waals surface area contributed by atoms with Crippen LogP contribution < -0.4 is 4.90 Å². The second-order valence-corrected chi connectivity index (χ2v) is 22.1. The Hall–Kier alpha value is -0.586. The molecule has 4 nitrogen and oxygen atoms in total. The van der Waals surface area contributed by atoms with Crippen LogP contribution >= 0.6 is 7.69 Å². The van der Waals surface area contributed by atoms with Gasteiger partial charge in [0.1, 0.15) is 5.82 Å². The molecule has 0 radical (unpaired) electrons. The Morgan fingerprint density at radius 3 is 2.09 bits per heavy atom. The summed E-state index contributed by atoms with van der Waals surface area (Å²) in [5.41, 5.74) is 0. The van der Waals surface area contributed by atoms with Gasteiger partial charge in [0.25, 0.3) is 0 Å². The van der Waals surface area contributed by atoms with E-state index in [9.17, 15) is 4.79 Å². The van der Waals surface area contributed by atoms with Gasteiger partial charge in [-0.15, -0.1) is 0 Å². The number of aromatic nitrogens is 1. The highest BCUT2D eigenvalue weighted by Gasteiger charge is 2.42. The van der Waals surface area contributed by atoms with Crippen LogP contribution in [0.15, 0.2) is 6.07 Å². The zero-order chi connectivity index (χ0) is 17.3. The van der Waals surface area contributed by atoms with Crippen molar-refractivity contribution < 1.29 is 9.53 Å². The summed E-state index contributed by atoms with van der Waals surface area (Å²) in [6.07, 6.45) is 0. The molecule has 22 heavy (non-hydrogen) atoms. The molecule has 0 amide bonds. The Labute approximate surface area is 138 Å². The number of hydrogen-bond donors (Lipinski definition) is 0. The molecule has 1 atom stereocenters. The molecule has 0 bridgehead atoms. The van der Waals surface area contributed by atoms with Gasteiger partial charge in [0.05, 0.1) is 28.0 Å². The second kappa shape index (κ2) is 6.89. The molecule has 0 aliphatic carbocycles. The lowest BCUT2D eigenvalue weighted by Gasteiger charge is -2.38. The average Bonchev–Trinajstić information content (AvgIpc) is 2.69. The first-order chi connectivity index (χ1) is 9.89. The molecule has 0 fully saturated rings. The summed E-state index contributed by atoms with van der Waals surface area (Å²) in [4.78, 5) is 15.0. The Morgan fingerprint density at radius 1 is 1.23 bits per heavy atom. The Morgan fingerprint density at radius 2 is 1.73 bits per heavy atom. The van der Waals surface area contributed by atoms with Crippen LogP contribution in [-0.2, 0) is 4.74 Å². The topological polar surface area (TPSA) is 42.4 Å². The van der Waals surface area contributed by atoms with Crippen LogP contribution in [0.4, 0.5) is 5.82 Å². The van der Waals surface area contributed by atoms with Gasteiger partial charge in [0.15, 0.2) is 0 Å². The van der Waals surface area contributed by atoms with Gasteiger partial charge in [-0.05, 0) is 14.6 Å². The SMILES string of the molecule is CCOC(=O)c1cc(N(C)C)np1C([Si](C)(C)C)[Si](C)(C)C. The Bertz CT molecular complexity index is 517. The number of hydrogen-bond acceptors (Lipinski definition) is 4. The van der Waals surface area contributed by atoms with Crippen molar-refractivity contribution in [1.29, 1.82) is 0 Å². The normalized spacial score (nSPS) is 13.5. The molecule has 0 aliphatic rings. The van der Waals surface area contributed by atoms with Crippen molar-refractivity contribution in [3.05, 3.63) is 11.4 Å². The van der Waals surface area contributed by atoms with Crippen molar-refractivity contribution in [1.82, 2.24) is 4.75 Å². The molecule has 0 aromatic carbocycles. The van der Waals surface area contributed by atoms with Crippen molar-refractivity contribution in [3.8, 4) is 0 Å². The fourth-order valence-corrected chi connectivity index (χ4v) is 22.1. The highest BCUT2D eigenvalue weighted by Crippen LogP contribution is 2.53. The van der Waals surface area contributed by atoms with Gasteiger partial charge in [-0.3, -0.25) is 0 Å². The summed E-state index contributed by atoms with van der Waals surface area (Å²) in [5.74, 6) is 0.742. The third-order valence-electron chi connectivity index (χ3n) is 3.55. The predicted molar refractivity (Wildman–Crippen MR) is 103 cm³/mol. The van der Waals surface area contributed by atoms with E-state index in [0.717, 1.165) is 11.1 Å². The molecular weight excluding hydrogens is 327 g/mol. The molecule has 0 saturated heterocycles. The number of nitrogens with zero attached hydrogens (tertiary/aromatic N) is 2. The van der Waals surface area contributed by atoms with Crippen molar-refractivity contribution in [2.45, 2.75) is 51.1 Å². The maximum Gasteiger partial charge on any atom is 0.343 e. The van der Waals surface area contributed by atoms with Crippen molar-refractivity contribution in [2.75, 3.05) is 25.6 Å². The lowest BCUT2D eigenvalue weighted by Crippen LogP contribution is -2.44. The van der Waals surface area contributed by atoms with Crippen LogP contribution in [0.2, 0.25) is 39.3 Å². The predicted octanol–water partition coefficient (Wildman–Crippen LogP) is 4.61. The summed E-state index contributed by atoms with van der Waals surface area (Å²) in [6, 6.07) is 1.96. The molecule has 0 aliphatic heterocycles. The van der Waals surface area contributed by atoms with Crippen LogP contribution in [0, 0.1) is 0 Å². The number of carbonyl (C=O) groups excluding carboxylic acids is 1. The van der Waals surface area contributed by atoms with E-state index in [-0.39, 0.29) is 5.97 Å². The number of ether oxygens (including phenoxy) is 1. The molecule has 1 heterocycles. The zero-order valence-corrected chi connectivity index (χ0v) is 18.4. The number of esters is 1. The standard InChI is InChI=1S/C15H31N2O2PSi2/c1-10-19-14(18)12-11-13(17(2)3)16-20(12)15(21(4,5)6)22(7,8)9/h11,15H,10H2,1-9H3. The number of carbonyl (C=O) groups is 1. The van der Waals surface area contributed by atoms with E-state index < -0.39 is 23.8 Å². The average molecular weight is 359 g/mol. The minimum absolute atomic E-state index is 0.171. The first kappa shape index (κ1) is 19.5. The van der Waals surface area contributed by atoms with E-state index >= 15 is 0 Å². The van der Waals surface area contributed by atoms with Crippen LogP contribution in [-0.4, -0.2) is 47.6 Å². The zero-order valence-electron chi connectivity index (χ0n) is 15.5. The molecule has 1 aromatic heterocycles. The molecule has 7 heteroatoms. The number of rotatable bonds is 6. The third kappa shape index (κ3) is 4.46. The molecule has 0 spiro atoms. The molecule has 126 valence electrons. The fourth-order valence-electron chi connectivity index (χ4n) is 3.19. The van der Waals surface area contributed by atoms with Gasteiger partial charge >= 0.3 is 5.97 Å². The van der Waals surface area contributed by atoms with Gasteiger partial charge in [-0.1, -0.05) is 39.3 Å². The molecule has 1 unspecified atom stereocenters. The van der Waals surface area contributed by atoms with Crippen molar-refractivity contribution >= 4 is 35.6 Å². The maximum atomic E-state index is 12.4. The molecular formula is C15H31N2O2PSi2. The van der Waals surface area contributed by atoms with Gasteiger partial charge in [-0.2, -0.15) is 0 Å². The Balaban J connectivity index is 3.50. The quantitative estimate of drug-likeness (QED) is 0.550. The van der Waals surface area contributed by atoms with Gasteiger partial charge in [-0.25, -0.2) is 9.54 Å².